The minimum absolute atomic E-state index is 0.0263. The molecule has 0 aliphatic carbocycles. The number of aryl methyl sites for hydroxylation is 1. The van der Waals surface area contributed by atoms with Crippen molar-refractivity contribution in [1.82, 2.24) is 5.32 Å². The Labute approximate surface area is 119 Å². The monoisotopic (exact) mass is 326 g/mol. The van der Waals surface area contributed by atoms with Crippen molar-refractivity contribution in [3.8, 4) is 0 Å². The maximum absolute atomic E-state index is 11.6. The Morgan fingerprint density at radius 1 is 1.32 bits per heavy atom. The number of carbonyl (C=O) groups excluding carboxylic acids is 1. The Morgan fingerprint density at radius 2 is 2.00 bits per heavy atom. The molecule has 0 heterocycles. The number of halogens is 1. The summed E-state index contributed by atoms with van der Waals surface area (Å²) in [5.74, 6) is -0.866. The molecule has 0 radical (unpaired) electrons. The lowest BCUT2D eigenvalue weighted by Gasteiger charge is -2.11. The van der Waals surface area contributed by atoms with Crippen LogP contribution in [-0.2, 0) is 11.2 Å². The molecule has 0 aliphatic heterocycles. The van der Waals surface area contributed by atoms with E-state index in [1.165, 1.54) is 0 Å². The second-order valence-corrected chi connectivity index (χ2v) is 5.00. The third kappa shape index (κ3) is 6.05. The highest BCUT2D eigenvalue weighted by atomic mass is 79.9. The Bertz CT molecular complexity index is 489. The van der Waals surface area contributed by atoms with E-state index in [2.05, 4.69) is 33.1 Å². The molecule has 0 bridgehead atoms. The lowest BCUT2D eigenvalue weighted by Crippen LogP contribution is -2.29. The molecule has 102 valence electrons. The number of hydrogen-bond acceptors (Lipinski definition) is 2. The summed E-state index contributed by atoms with van der Waals surface area (Å²) < 4.78 is 0.668. The molecule has 3 N–H and O–H groups in total. The van der Waals surface area contributed by atoms with Crippen molar-refractivity contribution < 1.29 is 14.7 Å². The molecule has 1 rings (SSSR count). The van der Waals surface area contributed by atoms with Crippen molar-refractivity contribution in [2.24, 2.45) is 0 Å². The van der Waals surface area contributed by atoms with Gasteiger partial charge in [-0.05, 0) is 18.1 Å². The molecule has 0 aromatic heterocycles. The average Bonchev–Trinajstić information content (AvgIpc) is 2.35. The fraction of sp³-hybridized carbons (Fsp3) is 0.231. The molecule has 0 aliphatic rings. The first-order chi connectivity index (χ1) is 8.99. The molecule has 19 heavy (non-hydrogen) atoms. The van der Waals surface area contributed by atoms with E-state index in [-0.39, 0.29) is 12.5 Å². The number of anilines is 1. The SMILES string of the molecule is C=C(Br)CNC(=O)Nc1ccccc1CCC(=O)O. The number of para-hydroxylation sites is 1. The van der Waals surface area contributed by atoms with E-state index in [9.17, 15) is 9.59 Å². The molecule has 1 aromatic carbocycles. The fourth-order valence-electron chi connectivity index (χ4n) is 1.44. The van der Waals surface area contributed by atoms with Gasteiger partial charge in [-0.15, -0.1) is 0 Å². The van der Waals surface area contributed by atoms with Crippen LogP contribution >= 0.6 is 15.9 Å². The van der Waals surface area contributed by atoms with E-state index in [1.807, 2.05) is 0 Å². The summed E-state index contributed by atoms with van der Waals surface area (Å²) in [6.07, 6.45) is 0.398. The van der Waals surface area contributed by atoms with E-state index in [0.717, 1.165) is 5.56 Å². The molecule has 6 heteroatoms. The van der Waals surface area contributed by atoms with Crippen molar-refractivity contribution >= 4 is 33.6 Å². The topological polar surface area (TPSA) is 78.4 Å². The Kier molecular flexibility index (Phi) is 6.08. The van der Waals surface area contributed by atoms with Crippen molar-refractivity contribution in [2.45, 2.75) is 12.8 Å². The highest BCUT2D eigenvalue weighted by molar-refractivity contribution is 9.11. The molecular weight excluding hydrogens is 312 g/mol. The van der Waals surface area contributed by atoms with Gasteiger partial charge in [0.25, 0.3) is 0 Å². The second-order valence-electron chi connectivity index (χ2n) is 3.88. The summed E-state index contributed by atoms with van der Waals surface area (Å²) in [4.78, 5) is 22.2. The molecule has 5 nitrogen and oxygen atoms in total. The van der Waals surface area contributed by atoms with Crippen LogP contribution in [0, 0.1) is 0 Å². The van der Waals surface area contributed by atoms with Crippen LogP contribution in [0.2, 0.25) is 0 Å². The zero-order valence-electron chi connectivity index (χ0n) is 10.3. The van der Waals surface area contributed by atoms with Crippen LogP contribution in [0.3, 0.4) is 0 Å². The quantitative estimate of drug-likeness (QED) is 0.752. The number of urea groups is 1. The minimum Gasteiger partial charge on any atom is -0.481 e. The first-order valence-electron chi connectivity index (χ1n) is 5.67. The minimum atomic E-state index is -0.866. The summed E-state index contributed by atoms with van der Waals surface area (Å²) in [5.41, 5.74) is 1.40. The van der Waals surface area contributed by atoms with Crippen LogP contribution in [0.25, 0.3) is 0 Å². The third-order valence-electron chi connectivity index (χ3n) is 2.31. The number of benzene rings is 1. The maximum Gasteiger partial charge on any atom is 0.319 e. The second kappa shape index (κ2) is 7.58. The van der Waals surface area contributed by atoms with Crippen molar-refractivity contribution in [1.29, 1.82) is 0 Å². The molecule has 0 fully saturated rings. The molecule has 0 unspecified atom stereocenters. The number of hydrogen-bond donors (Lipinski definition) is 3. The van der Waals surface area contributed by atoms with Gasteiger partial charge in [0.05, 0.1) is 6.54 Å². The highest BCUT2D eigenvalue weighted by Crippen LogP contribution is 2.16. The van der Waals surface area contributed by atoms with E-state index in [0.29, 0.717) is 23.1 Å². The number of rotatable bonds is 6. The molecule has 0 atom stereocenters. The van der Waals surface area contributed by atoms with Crippen LogP contribution in [0.1, 0.15) is 12.0 Å². The molecule has 0 spiro atoms. The van der Waals surface area contributed by atoms with E-state index >= 15 is 0 Å². The van der Waals surface area contributed by atoms with Gasteiger partial charge >= 0.3 is 12.0 Å². The maximum atomic E-state index is 11.6. The van der Waals surface area contributed by atoms with Gasteiger partial charge in [0, 0.05) is 16.6 Å². The molecular formula is C13H15BrN2O3. The van der Waals surface area contributed by atoms with Crippen LogP contribution in [-0.4, -0.2) is 23.7 Å². The summed E-state index contributed by atoms with van der Waals surface area (Å²) >= 11 is 3.14. The van der Waals surface area contributed by atoms with Crippen LogP contribution < -0.4 is 10.6 Å². The smallest absolute Gasteiger partial charge is 0.319 e. The Morgan fingerprint density at radius 3 is 2.63 bits per heavy atom. The van der Waals surface area contributed by atoms with E-state index < -0.39 is 5.97 Å². The molecule has 0 saturated carbocycles. The molecule has 2 amide bonds. The predicted molar refractivity (Wildman–Crippen MR) is 77.5 cm³/mol. The number of carboxylic acids is 1. The van der Waals surface area contributed by atoms with E-state index in [1.54, 1.807) is 24.3 Å². The number of amides is 2. The Balaban J connectivity index is 2.64. The third-order valence-corrected chi connectivity index (χ3v) is 2.59. The number of carbonyl (C=O) groups is 2. The van der Waals surface area contributed by atoms with Gasteiger partial charge in [-0.3, -0.25) is 4.79 Å². The van der Waals surface area contributed by atoms with Gasteiger partial charge in [-0.1, -0.05) is 40.7 Å². The fourth-order valence-corrected chi connectivity index (χ4v) is 1.58. The summed E-state index contributed by atoms with van der Waals surface area (Å²) in [5, 5.41) is 14.0. The lowest BCUT2D eigenvalue weighted by molar-refractivity contribution is -0.136. The zero-order valence-corrected chi connectivity index (χ0v) is 11.9. The van der Waals surface area contributed by atoms with Gasteiger partial charge in [-0.25, -0.2) is 4.79 Å². The van der Waals surface area contributed by atoms with Gasteiger partial charge in [0.1, 0.15) is 0 Å². The predicted octanol–water partition coefficient (Wildman–Crippen LogP) is 2.73. The largest absolute Gasteiger partial charge is 0.481 e. The van der Waals surface area contributed by atoms with Crippen molar-refractivity contribution in [2.75, 3.05) is 11.9 Å². The number of nitrogens with one attached hydrogen (secondary N) is 2. The molecule has 1 aromatic rings. The van der Waals surface area contributed by atoms with Gasteiger partial charge in [0.2, 0.25) is 0 Å². The normalized spacial score (nSPS) is 9.74. The summed E-state index contributed by atoms with van der Waals surface area (Å²) in [6.45, 7) is 3.93. The van der Waals surface area contributed by atoms with Crippen molar-refractivity contribution in [3.63, 3.8) is 0 Å². The van der Waals surface area contributed by atoms with Crippen LogP contribution in [0.4, 0.5) is 10.5 Å². The van der Waals surface area contributed by atoms with Crippen LogP contribution in [0.5, 0.6) is 0 Å². The standard InChI is InChI=1S/C13H15BrN2O3/c1-9(14)8-15-13(19)16-11-5-3-2-4-10(11)6-7-12(17)18/h2-5H,1,6-8H2,(H,17,18)(H2,15,16,19). The Hall–Kier alpha value is -1.82. The van der Waals surface area contributed by atoms with Crippen molar-refractivity contribution in [3.05, 3.63) is 40.9 Å². The number of carboxylic acid groups (broad SMARTS) is 1. The lowest BCUT2D eigenvalue weighted by atomic mass is 10.1. The van der Waals surface area contributed by atoms with Gasteiger partial charge in [-0.2, -0.15) is 0 Å². The number of aliphatic carboxylic acids is 1. The average molecular weight is 327 g/mol. The first-order valence-corrected chi connectivity index (χ1v) is 6.46. The van der Waals surface area contributed by atoms with Gasteiger partial charge < -0.3 is 15.7 Å². The van der Waals surface area contributed by atoms with Crippen LogP contribution in [0.15, 0.2) is 35.3 Å². The van der Waals surface area contributed by atoms with E-state index in [4.69, 9.17) is 5.11 Å². The first kappa shape index (κ1) is 15.2. The van der Waals surface area contributed by atoms with Gasteiger partial charge in [0.15, 0.2) is 0 Å². The zero-order chi connectivity index (χ0) is 14.3. The summed E-state index contributed by atoms with van der Waals surface area (Å²) in [6, 6.07) is 6.76. The summed E-state index contributed by atoms with van der Waals surface area (Å²) in [7, 11) is 0. The molecule has 0 saturated heterocycles. The highest BCUT2D eigenvalue weighted by Gasteiger charge is 2.07.